The van der Waals surface area contributed by atoms with Crippen LogP contribution in [0.5, 0.6) is 0 Å². The Kier molecular flexibility index (Phi) is 3.59. The van der Waals surface area contributed by atoms with Gasteiger partial charge in [-0.25, -0.2) is 8.42 Å². The predicted octanol–water partition coefficient (Wildman–Crippen LogP) is -0.541. The van der Waals surface area contributed by atoms with E-state index in [0.717, 1.165) is 36.4 Å². The summed E-state index contributed by atoms with van der Waals surface area (Å²) < 4.78 is 26.9. The average Bonchev–Trinajstić information content (AvgIpc) is 2.92. The normalized spacial score (nSPS) is 16.6. The van der Waals surface area contributed by atoms with Crippen LogP contribution in [0, 0.1) is 0 Å². The Morgan fingerprint density at radius 1 is 1.53 bits per heavy atom. The van der Waals surface area contributed by atoms with Crippen molar-refractivity contribution in [2.45, 2.75) is 38.1 Å². The van der Waals surface area contributed by atoms with Crippen molar-refractivity contribution in [3.05, 3.63) is 11.6 Å². The number of fused-ring (bicyclic) bond motifs is 1. The van der Waals surface area contributed by atoms with Crippen molar-refractivity contribution >= 4 is 16.0 Å². The van der Waals surface area contributed by atoms with E-state index in [0.29, 0.717) is 5.82 Å². The van der Waals surface area contributed by atoms with Crippen LogP contribution in [0.15, 0.2) is 0 Å². The van der Waals surface area contributed by atoms with Crippen molar-refractivity contribution in [1.29, 1.82) is 0 Å². The van der Waals surface area contributed by atoms with Crippen LogP contribution in [0.2, 0.25) is 0 Å². The summed E-state index contributed by atoms with van der Waals surface area (Å²) in [7, 11) is -2.53. The molecular weight excluding hydrogens is 272 g/mol. The van der Waals surface area contributed by atoms with Crippen LogP contribution < -0.4 is 0 Å². The molecule has 8 nitrogen and oxygen atoms in total. The van der Waals surface area contributed by atoms with Crippen LogP contribution in [0.1, 0.15) is 25.0 Å². The Hall–Kier alpha value is -1.48. The Morgan fingerprint density at radius 3 is 2.84 bits per heavy atom. The first-order valence-corrected chi connectivity index (χ1v) is 7.43. The first kappa shape index (κ1) is 13.9. The minimum atomic E-state index is -3.88. The summed E-state index contributed by atoms with van der Waals surface area (Å²) in [4.78, 5) is 10.8. The summed E-state index contributed by atoms with van der Waals surface area (Å²) in [6.45, 7) is 1.97. The minimum Gasteiger partial charge on any atom is -0.480 e. The van der Waals surface area contributed by atoms with Crippen LogP contribution in [-0.2, 0) is 34.3 Å². The number of sulfonamides is 1. The van der Waals surface area contributed by atoms with Gasteiger partial charge in [0.15, 0.2) is 5.25 Å². The number of aliphatic carboxylic acids is 1. The number of aromatic nitrogens is 3. The van der Waals surface area contributed by atoms with Crippen LogP contribution in [-0.4, -0.2) is 50.9 Å². The Labute approximate surface area is 111 Å². The summed E-state index contributed by atoms with van der Waals surface area (Å²) in [6.07, 6.45) is 1.81. The van der Waals surface area contributed by atoms with E-state index in [2.05, 4.69) is 10.2 Å². The van der Waals surface area contributed by atoms with Crippen LogP contribution in [0.3, 0.4) is 0 Å². The molecule has 0 radical (unpaired) electrons. The molecule has 0 spiro atoms. The lowest BCUT2D eigenvalue weighted by molar-refractivity contribution is -0.136. The second-order valence-electron chi connectivity index (χ2n) is 4.57. The van der Waals surface area contributed by atoms with E-state index in [9.17, 15) is 13.2 Å². The molecule has 0 saturated carbocycles. The Balaban J connectivity index is 2.17. The Bertz CT molecular complexity index is 595. The standard InChI is InChI=1S/C10H16N4O4S/c1-7(10(15)16)19(17,18)13(2)6-9-12-11-8-4-3-5-14(8)9/h7H,3-6H2,1-2H3,(H,15,16). The molecular formula is C10H16N4O4S. The predicted molar refractivity (Wildman–Crippen MR) is 65.8 cm³/mol. The minimum absolute atomic E-state index is 0.0347. The van der Waals surface area contributed by atoms with Crippen molar-refractivity contribution in [1.82, 2.24) is 19.1 Å². The number of carboxylic acids is 1. The largest absolute Gasteiger partial charge is 0.480 e. The third-order valence-electron chi connectivity index (χ3n) is 3.28. The lowest BCUT2D eigenvalue weighted by Crippen LogP contribution is -2.39. The number of hydrogen-bond donors (Lipinski definition) is 1. The van der Waals surface area contributed by atoms with E-state index >= 15 is 0 Å². The van der Waals surface area contributed by atoms with Gasteiger partial charge in [-0.1, -0.05) is 0 Å². The van der Waals surface area contributed by atoms with Gasteiger partial charge in [-0.15, -0.1) is 10.2 Å². The zero-order chi connectivity index (χ0) is 14.2. The van der Waals surface area contributed by atoms with Crippen LogP contribution >= 0.6 is 0 Å². The molecule has 0 fully saturated rings. The van der Waals surface area contributed by atoms with Gasteiger partial charge >= 0.3 is 5.97 Å². The fourth-order valence-electron chi connectivity index (χ4n) is 2.01. The molecule has 1 N–H and O–H groups in total. The SMILES string of the molecule is CC(C(=O)O)S(=O)(=O)N(C)Cc1nnc2n1CCC2. The van der Waals surface area contributed by atoms with Gasteiger partial charge in [-0.3, -0.25) is 4.79 Å². The molecule has 2 heterocycles. The first-order valence-electron chi connectivity index (χ1n) is 5.93. The third-order valence-corrected chi connectivity index (χ3v) is 5.37. The van der Waals surface area contributed by atoms with E-state index in [1.807, 2.05) is 4.57 Å². The van der Waals surface area contributed by atoms with E-state index in [4.69, 9.17) is 5.11 Å². The molecule has 0 aliphatic carbocycles. The summed E-state index contributed by atoms with van der Waals surface area (Å²) >= 11 is 0. The van der Waals surface area contributed by atoms with E-state index in [1.165, 1.54) is 7.05 Å². The maximum atomic E-state index is 12.0. The number of hydrogen-bond acceptors (Lipinski definition) is 5. The molecule has 9 heteroatoms. The molecule has 0 aromatic carbocycles. The molecule has 19 heavy (non-hydrogen) atoms. The maximum absolute atomic E-state index is 12.0. The zero-order valence-electron chi connectivity index (χ0n) is 10.8. The van der Waals surface area contributed by atoms with Gasteiger partial charge < -0.3 is 9.67 Å². The fourth-order valence-corrected chi connectivity index (χ4v) is 3.10. The summed E-state index contributed by atoms with van der Waals surface area (Å²) in [5, 5.41) is 15.3. The van der Waals surface area contributed by atoms with Crippen molar-refractivity contribution < 1.29 is 18.3 Å². The topological polar surface area (TPSA) is 105 Å². The smallest absolute Gasteiger partial charge is 0.323 e. The van der Waals surface area contributed by atoms with Crippen molar-refractivity contribution in [3.63, 3.8) is 0 Å². The number of nitrogens with zero attached hydrogens (tertiary/aromatic N) is 4. The van der Waals surface area contributed by atoms with E-state index < -0.39 is 21.2 Å². The lowest BCUT2D eigenvalue weighted by atomic mass is 10.4. The van der Waals surface area contributed by atoms with E-state index in [-0.39, 0.29) is 6.54 Å². The van der Waals surface area contributed by atoms with Gasteiger partial charge in [-0.2, -0.15) is 4.31 Å². The number of aryl methyl sites for hydroxylation is 1. The van der Waals surface area contributed by atoms with Gasteiger partial charge in [-0.05, 0) is 13.3 Å². The third kappa shape index (κ3) is 2.47. The highest BCUT2D eigenvalue weighted by Crippen LogP contribution is 2.17. The first-order chi connectivity index (χ1) is 8.84. The van der Waals surface area contributed by atoms with Gasteiger partial charge in [0, 0.05) is 20.0 Å². The van der Waals surface area contributed by atoms with Gasteiger partial charge in [0.25, 0.3) is 0 Å². The zero-order valence-corrected chi connectivity index (χ0v) is 11.6. The molecule has 0 amide bonds. The van der Waals surface area contributed by atoms with Gasteiger partial charge in [0.1, 0.15) is 11.6 Å². The second kappa shape index (κ2) is 4.89. The highest BCUT2D eigenvalue weighted by Gasteiger charge is 2.32. The lowest BCUT2D eigenvalue weighted by Gasteiger charge is -2.19. The summed E-state index contributed by atoms with van der Waals surface area (Å²) in [5.74, 6) is 0.0431. The molecule has 1 aliphatic heterocycles. The van der Waals surface area contributed by atoms with Gasteiger partial charge in [0.05, 0.1) is 6.54 Å². The number of carboxylic acid groups (broad SMARTS) is 1. The highest BCUT2D eigenvalue weighted by atomic mass is 32.2. The molecule has 0 bridgehead atoms. The molecule has 1 atom stereocenters. The second-order valence-corrected chi connectivity index (χ2v) is 6.93. The van der Waals surface area contributed by atoms with Crippen LogP contribution in [0.25, 0.3) is 0 Å². The average molecular weight is 288 g/mol. The molecule has 1 aromatic rings. The number of rotatable bonds is 5. The molecule has 1 unspecified atom stereocenters. The monoisotopic (exact) mass is 288 g/mol. The van der Waals surface area contributed by atoms with Gasteiger partial charge in [0.2, 0.25) is 10.0 Å². The fraction of sp³-hybridized carbons (Fsp3) is 0.700. The van der Waals surface area contributed by atoms with Crippen molar-refractivity contribution in [2.24, 2.45) is 0 Å². The highest BCUT2D eigenvalue weighted by molar-refractivity contribution is 7.90. The quantitative estimate of drug-likeness (QED) is 0.780. The van der Waals surface area contributed by atoms with Crippen LogP contribution in [0.4, 0.5) is 0 Å². The number of carbonyl (C=O) groups is 1. The summed E-state index contributed by atoms with van der Waals surface area (Å²) in [5.41, 5.74) is 0. The molecule has 2 rings (SSSR count). The molecule has 0 saturated heterocycles. The molecule has 1 aromatic heterocycles. The van der Waals surface area contributed by atoms with E-state index in [1.54, 1.807) is 0 Å². The van der Waals surface area contributed by atoms with Crippen molar-refractivity contribution in [3.8, 4) is 0 Å². The van der Waals surface area contributed by atoms with Crippen molar-refractivity contribution in [2.75, 3.05) is 7.05 Å². The molecule has 1 aliphatic rings. The maximum Gasteiger partial charge on any atom is 0.323 e. The summed E-state index contributed by atoms with van der Waals surface area (Å²) in [6, 6.07) is 0. The Morgan fingerprint density at radius 2 is 2.21 bits per heavy atom. The molecule has 106 valence electrons.